The summed E-state index contributed by atoms with van der Waals surface area (Å²) in [6.07, 6.45) is 4.65. The number of nitriles is 1. The largest absolute Gasteiger partial charge is 0.452 e. The van der Waals surface area contributed by atoms with E-state index in [0.717, 1.165) is 25.0 Å². The summed E-state index contributed by atoms with van der Waals surface area (Å²) in [6, 6.07) is 3.66. The van der Waals surface area contributed by atoms with E-state index in [-0.39, 0.29) is 29.2 Å². The summed E-state index contributed by atoms with van der Waals surface area (Å²) in [7, 11) is 0. The molecule has 1 amide bonds. The van der Waals surface area contributed by atoms with Crippen molar-refractivity contribution in [3.8, 4) is 6.07 Å². The Morgan fingerprint density at radius 2 is 2.16 bits per heavy atom. The van der Waals surface area contributed by atoms with E-state index in [2.05, 4.69) is 10.3 Å². The Balaban J connectivity index is 2.14. The minimum Gasteiger partial charge on any atom is -0.452 e. The average Bonchev–Trinajstić information content (AvgIpc) is 3.43. The zero-order chi connectivity index (χ0) is 18.6. The Hall–Kier alpha value is -2.07. The first-order chi connectivity index (χ1) is 11.8. The van der Waals surface area contributed by atoms with E-state index in [1.54, 1.807) is 6.07 Å². The number of thioether (sulfide) groups is 1. The molecule has 1 N–H and O–H groups in total. The molecule has 0 aliphatic heterocycles. The minimum atomic E-state index is -0.666. The van der Waals surface area contributed by atoms with Crippen LogP contribution in [0.1, 0.15) is 67.6 Å². The lowest BCUT2D eigenvalue weighted by Gasteiger charge is -2.24. The zero-order valence-corrected chi connectivity index (χ0v) is 15.8. The first kappa shape index (κ1) is 19.3. The van der Waals surface area contributed by atoms with Gasteiger partial charge in [0.15, 0.2) is 6.61 Å². The van der Waals surface area contributed by atoms with Gasteiger partial charge in [-0.1, -0.05) is 6.92 Å². The van der Waals surface area contributed by atoms with Crippen LogP contribution in [0.4, 0.5) is 0 Å². The second-order valence-corrected chi connectivity index (χ2v) is 7.52. The molecule has 1 aliphatic rings. The van der Waals surface area contributed by atoms with Crippen LogP contribution < -0.4 is 5.32 Å². The SMILES string of the molecule is CCC(C)(C)NC(=O)COC(=O)c1cc(C2CC2)nc(SC)c1C#N. The van der Waals surface area contributed by atoms with Gasteiger partial charge in [-0.25, -0.2) is 9.78 Å². The van der Waals surface area contributed by atoms with Crippen LogP contribution in [-0.4, -0.2) is 35.3 Å². The van der Waals surface area contributed by atoms with Gasteiger partial charge < -0.3 is 10.1 Å². The van der Waals surface area contributed by atoms with Crippen molar-refractivity contribution in [3.63, 3.8) is 0 Å². The maximum atomic E-state index is 12.4. The number of rotatable bonds is 7. The smallest absolute Gasteiger partial charge is 0.340 e. The summed E-state index contributed by atoms with van der Waals surface area (Å²) < 4.78 is 5.14. The van der Waals surface area contributed by atoms with E-state index in [1.165, 1.54) is 11.8 Å². The predicted octanol–water partition coefficient (Wildman–Crippen LogP) is 3.01. The maximum absolute atomic E-state index is 12.4. The van der Waals surface area contributed by atoms with E-state index in [9.17, 15) is 14.9 Å². The van der Waals surface area contributed by atoms with E-state index < -0.39 is 5.97 Å². The van der Waals surface area contributed by atoms with Gasteiger partial charge in [-0.15, -0.1) is 11.8 Å². The van der Waals surface area contributed by atoms with Crippen molar-refractivity contribution in [2.75, 3.05) is 12.9 Å². The first-order valence-corrected chi connectivity index (χ1v) is 9.51. The van der Waals surface area contributed by atoms with Crippen LogP contribution in [0, 0.1) is 11.3 Å². The molecule has 25 heavy (non-hydrogen) atoms. The van der Waals surface area contributed by atoms with Crippen molar-refractivity contribution in [2.24, 2.45) is 0 Å². The quantitative estimate of drug-likeness (QED) is 0.593. The van der Waals surface area contributed by atoms with Crippen molar-refractivity contribution in [1.29, 1.82) is 5.26 Å². The molecule has 0 bridgehead atoms. The maximum Gasteiger partial charge on any atom is 0.340 e. The van der Waals surface area contributed by atoms with Crippen LogP contribution in [0.15, 0.2) is 11.1 Å². The van der Waals surface area contributed by atoms with Crippen LogP contribution in [0.3, 0.4) is 0 Å². The molecule has 1 aromatic heterocycles. The molecule has 0 radical (unpaired) electrons. The van der Waals surface area contributed by atoms with E-state index in [1.807, 2.05) is 33.1 Å². The second kappa shape index (κ2) is 7.87. The Labute approximate surface area is 152 Å². The third kappa shape index (κ3) is 4.95. The number of esters is 1. The molecule has 134 valence electrons. The number of hydrogen-bond acceptors (Lipinski definition) is 6. The number of nitrogens with zero attached hydrogens (tertiary/aromatic N) is 2. The van der Waals surface area contributed by atoms with Gasteiger partial charge >= 0.3 is 5.97 Å². The van der Waals surface area contributed by atoms with Crippen molar-refractivity contribution in [3.05, 3.63) is 22.9 Å². The van der Waals surface area contributed by atoms with Crippen LogP contribution in [-0.2, 0) is 9.53 Å². The highest BCUT2D eigenvalue weighted by molar-refractivity contribution is 7.98. The number of pyridine rings is 1. The Morgan fingerprint density at radius 3 is 2.68 bits per heavy atom. The standard InChI is InChI=1S/C18H23N3O3S/c1-5-18(2,3)21-15(22)10-24-17(23)12-8-14(11-6-7-11)20-16(25-4)13(12)9-19/h8,11H,5-7,10H2,1-4H3,(H,21,22). The summed E-state index contributed by atoms with van der Waals surface area (Å²) in [4.78, 5) is 28.9. The fourth-order valence-corrected chi connectivity index (χ4v) is 2.81. The molecule has 0 saturated heterocycles. The highest BCUT2D eigenvalue weighted by Gasteiger charge is 2.29. The van der Waals surface area contributed by atoms with Crippen molar-refractivity contribution < 1.29 is 14.3 Å². The average molecular weight is 361 g/mol. The summed E-state index contributed by atoms with van der Waals surface area (Å²) in [5.74, 6) is -0.681. The first-order valence-electron chi connectivity index (χ1n) is 8.28. The monoisotopic (exact) mass is 361 g/mol. The number of ether oxygens (including phenoxy) is 1. The Morgan fingerprint density at radius 1 is 1.48 bits per heavy atom. The van der Waals surface area contributed by atoms with Crippen molar-refractivity contribution in [2.45, 2.75) is 56.5 Å². The molecule has 6 nitrogen and oxygen atoms in total. The van der Waals surface area contributed by atoms with E-state index in [4.69, 9.17) is 4.74 Å². The van der Waals surface area contributed by atoms with Gasteiger partial charge in [0.1, 0.15) is 11.1 Å². The number of nitrogens with one attached hydrogen (secondary N) is 1. The lowest BCUT2D eigenvalue weighted by Crippen LogP contribution is -2.44. The summed E-state index contributed by atoms with van der Waals surface area (Å²) in [6.45, 7) is 5.39. The topological polar surface area (TPSA) is 92.1 Å². The molecule has 0 atom stereocenters. The van der Waals surface area contributed by atoms with Gasteiger partial charge in [0.2, 0.25) is 0 Å². The lowest BCUT2D eigenvalue weighted by molar-refractivity contribution is -0.125. The molecule has 2 rings (SSSR count). The van der Waals surface area contributed by atoms with E-state index in [0.29, 0.717) is 10.9 Å². The number of carbonyl (C=O) groups excluding carboxylic acids is 2. The van der Waals surface area contributed by atoms with Gasteiger partial charge in [-0.3, -0.25) is 4.79 Å². The Bertz CT molecular complexity index is 721. The molecule has 0 aromatic carbocycles. The van der Waals surface area contributed by atoms with Crippen LogP contribution in [0.2, 0.25) is 0 Å². The summed E-state index contributed by atoms with van der Waals surface area (Å²) >= 11 is 1.33. The number of aromatic nitrogens is 1. The fourth-order valence-electron chi connectivity index (χ4n) is 2.26. The van der Waals surface area contributed by atoms with Crippen molar-refractivity contribution in [1.82, 2.24) is 10.3 Å². The molecular formula is C18H23N3O3S. The van der Waals surface area contributed by atoms with Crippen molar-refractivity contribution >= 4 is 23.6 Å². The molecule has 7 heteroatoms. The zero-order valence-electron chi connectivity index (χ0n) is 15.0. The van der Waals surface area contributed by atoms with Crippen LogP contribution >= 0.6 is 11.8 Å². The number of hydrogen-bond donors (Lipinski definition) is 1. The highest BCUT2D eigenvalue weighted by atomic mass is 32.2. The van der Waals surface area contributed by atoms with Gasteiger partial charge in [0, 0.05) is 17.2 Å². The third-order valence-electron chi connectivity index (χ3n) is 4.22. The van der Waals surface area contributed by atoms with Gasteiger partial charge in [-0.2, -0.15) is 5.26 Å². The molecule has 0 unspecified atom stereocenters. The summed E-state index contributed by atoms with van der Waals surface area (Å²) in [5, 5.41) is 12.7. The molecule has 1 heterocycles. The fraction of sp³-hybridized carbons (Fsp3) is 0.556. The third-order valence-corrected chi connectivity index (χ3v) is 4.90. The number of amides is 1. The molecular weight excluding hydrogens is 338 g/mol. The lowest BCUT2D eigenvalue weighted by atomic mass is 10.0. The molecule has 1 fully saturated rings. The highest BCUT2D eigenvalue weighted by Crippen LogP contribution is 2.40. The van der Waals surface area contributed by atoms with E-state index >= 15 is 0 Å². The minimum absolute atomic E-state index is 0.186. The molecule has 0 spiro atoms. The molecule has 1 aromatic rings. The van der Waals surface area contributed by atoms with Gasteiger partial charge in [-0.05, 0) is 45.4 Å². The predicted molar refractivity (Wildman–Crippen MR) is 95.5 cm³/mol. The Kier molecular flexibility index (Phi) is 6.07. The van der Waals surface area contributed by atoms with Crippen LogP contribution in [0.5, 0.6) is 0 Å². The second-order valence-electron chi connectivity index (χ2n) is 6.73. The normalized spacial score (nSPS) is 13.9. The van der Waals surface area contributed by atoms with Gasteiger partial charge in [0.05, 0.1) is 11.1 Å². The van der Waals surface area contributed by atoms with Gasteiger partial charge in [0.25, 0.3) is 5.91 Å². The molecule has 1 saturated carbocycles. The summed E-state index contributed by atoms with van der Waals surface area (Å²) in [5.41, 5.74) is 0.845. The number of carbonyl (C=O) groups is 2. The molecule has 1 aliphatic carbocycles. The van der Waals surface area contributed by atoms with Crippen LogP contribution in [0.25, 0.3) is 0 Å².